The molecule has 0 aliphatic carbocycles. The molecule has 0 aliphatic heterocycles. The van der Waals surface area contributed by atoms with E-state index in [4.69, 9.17) is 9.47 Å². The number of benzene rings is 2. The van der Waals surface area contributed by atoms with Gasteiger partial charge in [0.1, 0.15) is 6.61 Å². The number of amides is 1. The minimum absolute atomic E-state index is 0.310. The van der Waals surface area contributed by atoms with E-state index in [1.807, 2.05) is 42.5 Å². The number of ether oxygens (including phenoxy) is 2. The molecule has 4 rings (SSSR count). The minimum atomic E-state index is -0.310. The molecule has 1 N–H and O–H groups in total. The molecule has 4 aromatic rings. The number of carbonyl (C=O) groups excluding carboxylic acids is 1. The van der Waals surface area contributed by atoms with Crippen molar-refractivity contribution in [3.05, 3.63) is 96.6 Å². The molecular formula is C23H20N4O3. The number of nitrogens with one attached hydrogen (secondary N) is 1. The van der Waals surface area contributed by atoms with Gasteiger partial charge in [0.2, 0.25) is 0 Å². The van der Waals surface area contributed by atoms with Gasteiger partial charge in [0.25, 0.3) is 5.91 Å². The number of pyridine rings is 1. The van der Waals surface area contributed by atoms with Gasteiger partial charge in [-0.25, -0.2) is 4.68 Å². The average Bonchev–Trinajstić information content (AvgIpc) is 3.30. The van der Waals surface area contributed by atoms with Crippen LogP contribution in [0.4, 0.5) is 5.69 Å². The van der Waals surface area contributed by atoms with Crippen molar-refractivity contribution in [2.75, 3.05) is 12.4 Å². The zero-order chi connectivity index (χ0) is 20.8. The molecule has 2 heterocycles. The summed E-state index contributed by atoms with van der Waals surface area (Å²) >= 11 is 0. The maximum atomic E-state index is 12.6. The van der Waals surface area contributed by atoms with E-state index >= 15 is 0 Å². The molecular weight excluding hydrogens is 380 g/mol. The number of nitrogens with zero attached hydrogens (tertiary/aromatic N) is 3. The smallest absolute Gasteiger partial charge is 0.276 e. The minimum Gasteiger partial charge on any atom is -0.493 e. The zero-order valence-electron chi connectivity index (χ0n) is 16.4. The fourth-order valence-corrected chi connectivity index (χ4v) is 2.87. The molecule has 0 fully saturated rings. The Labute approximate surface area is 173 Å². The predicted molar refractivity (Wildman–Crippen MR) is 113 cm³/mol. The molecule has 150 valence electrons. The molecule has 7 nitrogen and oxygen atoms in total. The third-order valence-corrected chi connectivity index (χ3v) is 4.41. The molecule has 2 aromatic carbocycles. The lowest BCUT2D eigenvalue weighted by Gasteiger charge is -2.13. The van der Waals surface area contributed by atoms with Gasteiger partial charge in [0.05, 0.1) is 12.8 Å². The number of aromatic nitrogens is 3. The van der Waals surface area contributed by atoms with Gasteiger partial charge in [-0.15, -0.1) is 0 Å². The van der Waals surface area contributed by atoms with Gasteiger partial charge in [-0.2, -0.15) is 5.10 Å². The first kappa shape index (κ1) is 19.2. The fraction of sp³-hybridized carbons (Fsp3) is 0.0870. The average molecular weight is 400 g/mol. The molecule has 0 bridgehead atoms. The molecule has 0 radical (unpaired) electrons. The van der Waals surface area contributed by atoms with E-state index in [1.54, 1.807) is 54.6 Å². The second kappa shape index (κ2) is 8.91. The summed E-state index contributed by atoms with van der Waals surface area (Å²) < 4.78 is 12.9. The van der Waals surface area contributed by atoms with Crippen LogP contribution < -0.4 is 14.8 Å². The van der Waals surface area contributed by atoms with E-state index in [0.717, 1.165) is 11.3 Å². The van der Waals surface area contributed by atoms with Crippen LogP contribution in [0.3, 0.4) is 0 Å². The van der Waals surface area contributed by atoms with Crippen molar-refractivity contribution >= 4 is 11.6 Å². The number of para-hydroxylation sites is 1. The highest BCUT2D eigenvalue weighted by Crippen LogP contribution is 2.31. The van der Waals surface area contributed by atoms with E-state index < -0.39 is 0 Å². The predicted octanol–water partition coefficient (Wildman–Crippen LogP) is 4.11. The molecule has 0 saturated heterocycles. The normalized spacial score (nSPS) is 10.4. The fourth-order valence-electron chi connectivity index (χ4n) is 2.87. The molecule has 0 aliphatic rings. The number of anilines is 1. The van der Waals surface area contributed by atoms with Crippen LogP contribution in [0, 0.1) is 0 Å². The Morgan fingerprint density at radius 1 is 1.00 bits per heavy atom. The topological polar surface area (TPSA) is 78.3 Å². The van der Waals surface area contributed by atoms with Crippen LogP contribution in [0.15, 0.2) is 85.3 Å². The number of rotatable bonds is 7. The van der Waals surface area contributed by atoms with Crippen LogP contribution in [-0.4, -0.2) is 27.8 Å². The maximum Gasteiger partial charge on any atom is 0.276 e. The third-order valence-electron chi connectivity index (χ3n) is 4.41. The molecule has 7 heteroatoms. The first-order valence-electron chi connectivity index (χ1n) is 9.35. The van der Waals surface area contributed by atoms with Crippen LogP contribution in [0.5, 0.6) is 11.5 Å². The number of methoxy groups -OCH3 is 1. The van der Waals surface area contributed by atoms with Crippen molar-refractivity contribution in [1.29, 1.82) is 0 Å². The van der Waals surface area contributed by atoms with Crippen molar-refractivity contribution < 1.29 is 14.3 Å². The second-order valence-electron chi connectivity index (χ2n) is 6.44. The Morgan fingerprint density at radius 3 is 2.57 bits per heavy atom. The molecule has 0 unspecified atom stereocenters. The summed E-state index contributed by atoms with van der Waals surface area (Å²) in [7, 11) is 1.57. The largest absolute Gasteiger partial charge is 0.493 e. The van der Waals surface area contributed by atoms with Crippen molar-refractivity contribution in [2.45, 2.75) is 6.61 Å². The Bertz CT molecular complexity index is 1130. The SMILES string of the molecule is COc1ccc(NC(=O)c2ccn(-c3ccccc3)n2)cc1OCc1ccncc1. The number of hydrogen-bond acceptors (Lipinski definition) is 5. The summed E-state index contributed by atoms with van der Waals surface area (Å²) in [6, 6.07) is 20.3. The monoisotopic (exact) mass is 400 g/mol. The highest BCUT2D eigenvalue weighted by atomic mass is 16.5. The van der Waals surface area contributed by atoms with E-state index in [1.165, 1.54) is 0 Å². The molecule has 0 spiro atoms. The Hall–Kier alpha value is -4.13. The molecule has 1 amide bonds. The molecule has 0 atom stereocenters. The van der Waals surface area contributed by atoms with Gasteiger partial charge in [0, 0.05) is 30.3 Å². The molecule has 0 saturated carbocycles. The highest BCUT2D eigenvalue weighted by molar-refractivity contribution is 6.03. The van der Waals surface area contributed by atoms with E-state index in [2.05, 4.69) is 15.4 Å². The summed E-state index contributed by atoms with van der Waals surface area (Å²) in [5, 5.41) is 7.20. The van der Waals surface area contributed by atoms with E-state index in [9.17, 15) is 4.79 Å². The summed E-state index contributed by atoms with van der Waals surface area (Å²) in [5.74, 6) is 0.798. The lowest BCUT2D eigenvalue weighted by molar-refractivity contribution is 0.102. The van der Waals surface area contributed by atoms with Crippen LogP contribution in [0.25, 0.3) is 5.69 Å². The van der Waals surface area contributed by atoms with Crippen molar-refractivity contribution in [3.8, 4) is 17.2 Å². The van der Waals surface area contributed by atoms with Gasteiger partial charge in [-0.3, -0.25) is 9.78 Å². The standard InChI is InChI=1S/C23H20N4O3/c1-29-21-8-7-18(15-22(21)30-16-17-9-12-24-13-10-17)25-23(28)20-11-14-27(26-20)19-5-3-2-4-6-19/h2-15H,16H2,1H3,(H,25,28). The van der Waals surface area contributed by atoms with Gasteiger partial charge in [-0.05, 0) is 48.0 Å². The van der Waals surface area contributed by atoms with Gasteiger partial charge in [-0.1, -0.05) is 18.2 Å². The number of carbonyl (C=O) groups is 1. The van der Waals surface area contributed by atoms with Crippen molar-refractivity contribution in [3.63, 3.8) is 0 Å². The molecule has 2 aromatic heterocycles. The quantitative estimate of drug-likeness (QED) is 0.505. The van der Waals surface area contributed by atoms with E-state index in [0.29, 0.717) is 29.5 Å². The second-order valence-corrected chi connectivity index (χ2v) is 6.44. The zero-order valence-corrected chi connectivity index (χ0v) is 16.4. The maximum absolute atomic E-state index is 12.6. The number of hydrogen-bond donors (Lipinski definition) is 1. The van der Waals surface area contributed by atoms with Gasteiger partial charge in [0.15, 0.2) is 17.2 Å². The third kappa shape index (κ3) is 4.47. The van der Waals surface area contributed by atoms with Crippen LogP contribution in [0.1, 0.15) is 16.1 Å². The summed E-state index contributed by atoms with van der Waals surface area (Å²) in [6.45, 7) is 0.359. The van der Waals surface area contributed by atoms with Crippen LogP contribution in [-0.2, 0) is 6.61 Å². The summed E-state index contributed by atoms with van der Waals surface area (Å²) in [4.78, 5) is 16.6. The lowest BCUT2D eigenvalue weighted by Crippen LogP contribution is -2.13. The highest BCUT2D eigenvalue weighted by Gasteiger charge is 2.13. The van der Waals surface area contributed by atoms with Crippen LogP contribution >= 0.6 is 0 Å². The van der Waals surface area contributed by atoms with E-state index in [-0.39, 0.29) is 5.91 Å². The first-order chi connectivity index (χ1) is 14.7. The van der Waals surface area contributed by atoms with Crippen LogP contribution in [0.2, 0.25) is 0 Å². The Kier molecular flexibility index (Phi) is 5.70. The van der Waals surface area contributed by atoms with Crippen molar-refractivity contribution in [1.82, 2.24) is 14.8 Å². The Balaban J connectivity index is 1.47. The van der Waals surface area contributed by atoms with Gasteiger partial charge >= 0.3 is 0 Å². The summed E-state index contributed by atoms with van der Waals surface area (Å²) in [5.41, 5.74) is 2.76. The summed E-state index contributed by atoms with van der Waals surface area (Å²) in [6.07, 6.45) is 5.17. The molecule has 30 heavy (non-hydrogen) atoms. The first-order valence-corrected chi connectivity index (χ1v) is 9.35. The van der Waals surface area contributed by atoms with Crippen molar-refractivity contribution in [2.24, 2.45) is 0 Å². The van der Waals surface area contributed by atoms with Gasteiger partial charge < -0.3 is 14.8 Å². The lowest BCUT2D eigenvalue weighted by atomic mass is 10.2. The Morgan fingerprint density at radius 2 is 1.80 bits per heavy atom.